The zero-order valence-electron chi connectivity index (χ0n) is 18.3. The number of hydrogen-bond donors (Lipinski definition) is 1. The summed E-state index contributed by atoms with van der Waals surface area (Å²) in [6.45, 7) is 0.149. The molecule has 2 heterocycles. The first-order valence-electron chi connectivity index (χ1n) is 10.6. The Kier molecular flexibility index (Phi) is 6.62. The largest absolute Gasteiger partial charge is 0.465 e. The van der Waals surface area contributed by atoms with Gasteiger partial charge < -0.3 is 15.0 Å². The average molecular weight is 465 g/mol. The van der Waals surface area contributed by atoms with Crippen LogP contribution in [0.1, 0.15) is 50.7 Å². The van der Waals surface area contributed by atoms with Gasteiger partial charge in [-0.3, -0.25) is 9.59 Å². The molecule has 4 rings (SSSR count). The monoisotopic (exact) mass is 465 g/mol. The normalized spacial score (nSPS) is 14.6. The van der Waals surface area contributed by atoms with Gasteiger partial charge in [-0.25, -0.2) is 18.6 Å². The Labute approximate surface area is 194 Å². The predicted molar refractivity (Wildman–Crippen MR) is 119 cm³/mol. The summed E-state index contributed by atoms with van der Waals surface area (Å²) in [5.41, 5.74) is 1.44. The fourth-order valence-electron chi connectivity index (χ4n) is 3.96. The molecule has 0 unspecified atom stereocenters. The summed E-state index contributed by atoms with van der Waals surface area (Å²) < 4.78 is 32.6. The molecule has 0 spiro atoms. The lowest BCUT2D eigenvalue weighted by Gasteiger charge is -2.25. The molecule has 1 atom stereocenters. The highest BCUT2D eigenvalue weighted by molar-refractivity contribution is 5.99. The lowest BCUT2D eigenvalue weighted by Crippen LogP contribution is -2.28. The Morgan fingerprint density at radius 2 is 1.85 bits per heavy atom. The van der Waals surface area contributed by atoms with Crippen molar-refractivity contribution in [1.82, 2.24) is 9.88 Å². The molecule has 1 aliphatic rings. The number of esters is 1. The van der Waals surface area contributed by atoms with E-state index in [1.165, 1.54) is 54.6 Å². The average Bonchev–Trinajstić information content (AvgIpc) is 3.11. The van der Waals surface area contributed by atoms with E-state index in [0.717, 1.165) is 0 Å². The van der Waals surface area contributed by atoms with Crippen LogP contribution in [0.25, 0.3) is 0 Å². The molecule has 174 valence electrons. The van der Waals surface area contributed by atoms with Crippen LogP contribution in [0.15, 0.2) is 60.8 Å². The molecule has 0 bridgehead atoms. The molecular formula is C25H21F2N3O4. The Hall–Kier alpha value is -4.14. The minimum atomic E-state index is -0.658. The first kappa shape index (κ1) is 23.0. The van der Waals surface area contributed by atoms with Gasteiger partial charge in [-0.1, -0.05) is 18.2 Å². The lowest BCUT2D eigenvalue weighted by molar-refractivity contribution is -0.116. The Morgan fingerprint density at radius 3 is 2.53 bits per heavy atom. The Balaban J connectivity index is 1.48. The summed E-state index contributed by atoms with van der Waals surface area (Å²) in [6.07, 6.45) is 1.45. The van der Waals surface area contributed by atoms with Crippen molar-refractivity contribution in [2.75, 3.05) is 12.4 Å². The maximum atomic E-state index is 14.7. The van der Waals surface area contributed by atoms with E-state index in [0.29, 0.717) is 5.56 Å². The summed E-state index contributed by atoms with van der Waals surface area (Å²) in [5, 5.41) is 2.63. The van der Waals surface area contributed by atoms with Gasteiger partial charge in [0, 0.05) is 30.3 Å². The lowest BCUT2D eigenvalue weighted by atomic mass is 9.99. The van der Waals surface area contributed by atoms with Crippen LogP contribution in [0.4, 0.5) is 14.6 Å². The van der Waals surface area contributed by atoms with Crippen molar-refractivity contribution in [2.45, 2.75) is 25.4 Å². The highest BCUT2D eigenvalue weighted by Gasteiger charge is 2.38. The van der Waals surface area contributed by atoms with Crippen LogP contribution >= 0.6 is 0 Å². The molecule has 1 aliphatic heterocycles. The number of halogens is 2. The highest BCUT2D eigenvalue weighted by Crippen LogP contribution is 2.39. The van der Waals surface area contributed by atoms with Gasteiger partial charge in [0.2, 0.25) is 5.91 Å². The number of fused-ring (bicyclic) bond motifs is 1. The van der Waals surface area contributed by atoms with Crippen molar-refractivity contribution >= 4 is 23.6 Å². The molecule has 0 aliphatic carbocycles. The number of nitrogens with one attached hydrogen (secondary N) is 1. The summed E-state index contributed by atoms with van der Waals surface area (Å²) in [4.78, 5) is 42.6. The molecule has 7 nitrogen and oxygen atoms in total. The highest BCUT2D eigenvalue weighted by atomic mass is 19.1. The van der Waals surface area contributed by atoms with Crippen molar-refractivity contribution in [3.63, 3.8) is 0 Å². The summed E-state index contributed by atoms with van der Waals surface area (Å²) in [7, 11) is 1.26. The van der Waals surface area contributed by atoms with E-state index in [2.05, 4.69) is 15.0 Å². The van der Waals surface area contributed by atoms with E-state index in [9.17, 15) is 23.2 Å². The van der Waals surface area contributed by atoms with E-state index in [4.69, 9.17) is 0 Å². The number of hydrogen-bond acceptors (Lipinski definition) is 5. The second-order valence-corrected chi connectivity index (χ2v) is 7.79. The van der Waals surface area contributed by atoms with E-state index >= 15 is 0 Å². The van der Waals surface area contributed by atoms with Gasteiger partial charge in [-0.05, 0) is 48.4 Å². The quantitative estimate of drug-likeness (QED) is 0.527. The van der Waals surface area contributed by atoms with Gasteiger partial charge in [-0.2, -0.15) is 0 Å². The summed E-state index contributed by atoms with van der Waals surface area (Å²) >= 11 is 0. The van der Waals surface area contributed by atoms with Crippen molar-refractivity contribution in [2.24, 2.45) is 0 Å². The number of carbonyl (C=O) groups excluding carboxylic acids is 3. The second kappa shape index (κ2) is 9.78. The maximum Gasteiger partial charge on any atom is 0.339 e. The number of rotatable bonds is 7. The molecule has 1 N–H and O–H groups in total. The summed E-state index contributed by atoms with van der Waals surface area (Å²) in [5.74, 6) is -1.93. The number of amides is 2. The molecule has 2 aromatic carbocycles. The Bertz CT molecular complexity index is 1230. The molecule has 0 radical (unpaired) electrons. The number of carbonyl (C=O) groups is 3. The fourth-order valence-corrected chi connectivity index (χ4v) is 3.96. The predicted octanol–water partition coefficient (Wildman–Crippen LogP) is 4.26. The van der Waals surface area contributed by atoms with E-state index < -0.39 is 23.6 Å². The van der Waals surface area contributed by atoms with Gasteiger partial charge in [0.15, 0.2) is 0 Å². The molecule has 3 aromatic rings. The minimum Gasteiger partial charge on any atom is -0.465 e. The van der Waals surface area contributed by atoms with Gasteiger partial charge in [0.25, 0.3) is 5.91 Å². The summed E-state index contributed by atoms with van der Waals surface area (Å²) in [6, 6.07) is 12.3. The van der Waals surface area contributed by atoms with Crippen molar-refractivity contribution in [3.8, 4) is 0 Å². The molecular weight excluding hydrogens is 444 g/mol. The number of nitrogens with zero attached hydrogens (tertiary/aromatic N) is 2. The van der Waals surface area contributed by atoms with Gasteiger partial charge >= 0.3 is 5.97 Å². The third-order valence-electron chi connectivity index (χ3n) is 5.62. The van der Waals surface area contributed by atoms with Crippen LogP contribution in [-0.4, -0.2) is 34.8 Å². The standard InChI is InChI=1S/C25H21F2N3O4/c1-34-25(33)16-7-11-21(28-13-16)29-22(31)12-10-20-23-18(3-2-4-19(23)27)24(32)30(20)14-15-5-8-17(26)9-6-15/h2-9,11,13,20H,10,12,14H2,1H3,(H,28,29,31)/t20-/m1/s1. The van der Waals surface area contributed by atoms with Crippen LogP contribution in [0.5, 0.6) is 0 Å². The molecule has 0 saturated heterocycles. The van der Waals surface area contributed by atoms with Gasteiger partial charge in [0.1, 0.15) is 17.5 Å². The van der Waals surface area contributed by atoms with Crippen LogP contribution in [0, 0.1) is 11.6 Å². The number of pyridine rings is 1. The molecule has 0 fully saturated rings. The fraction of sp³-hybridized carbons (Fsp3) is 0.200. The molecule has 9 heteroatoms. The van der Waals surface area contributed by atoms with Crippen molar-refractivity contribution < 1.29 is 27.9 Å². The SMILES string of the molecule is COC(=O)c1ccc(NC(=O)CC[C@@H]2c3c(F)cccc3C(=O)N2Cc2ccc(F)cc2)nc1. The Morgan fingerprint density at radius 1 is 1.09 bits per heavy atom. The number of anilines is 1. The minimum absolute atomic E-state index is 0.00787. The molecule has 0 saturated carbocycles. The number of ether oxygens (including phenoxy) is 1. The molecule has 34 heavy (non-hydrogen) atoms. The van der Waals surface area contributed by atoms with Crippen molar-refractivity contribution in [3.05, 3.63) is 94.7 Å². The van der Waals surface area contributed by atoms with E-state index in [1.807, 2.05) is 0 Å². The second-order valence-electron chi connectivity index (χ2n) is 7.79. The number of methoxy groups -OCH3 is 1. The van der Waals surface area contributed by atoms with Crippen LogP contribution in [0.2, 0.25) is 0 Å². The zero-order chi connectivity index (χ0) is 24.2. The third kappa shape index (κ3) is 4.78. The third-order valence-corrected chi connectivity index (χ3v) is 5.62. The van der Waals surface area contributed by atoms with Crippen LogP contribution in [0.3, 0.4) is 0 Å². The van der Waals surface area contributed by atoms with Gasteiger partial charge in [0.05, 0.1) is 18.7 Å². The van der Waals surface area contributed by atoms with E-state index in [1.54, 1.807) is 18.2 Å². The molecule has 1 aromatic heterocycles. The van der Waals surface area contributed by atoms with Crippen molar-refractivity contribution in [1.29, 1.82) is 0 Å². The van der Waals surface area contributed by atoms with Crippen LogP contribution in [-0.2, 0) is 16.1 Å². The number of aromatic nitrogens is 1. The van der Waals surface area contributed by atoms with E-state index in [-0.39, 0.29) is 53.7 Å². The number of benzene rings is 2. The zero-order valence-corrected chi connectivity index (χ0v) is 18.3. The smallest absolute Gasteiger partial charge is 0.339 e. The topological polar surface area (TPSA) is 88.6 Å². The molecule has 2 amide bonds. The first-order chi connectivity index (χ1) is 16.4. The van der Waals surface area contributed by atoms with Gasteiger partial charge in [-0.15, -0.1) is 0 Å². The van der Waals surface area contributed by atoms with Crippen LogP contribution < -0.4 is 5.32 Å². The maximum absolute atomic E-state index is 14.7. The first-order valence-corrected chi connectivity index (χ1v) is 10.6.